The molecule has 120 valence electrons. The van der Waals surface area contributed by atoms with Crippen LogP contribution in [0.1, 0.15) is 21.8 Å². The van der Waals surface area contributed by atoms with Crippen molar-refractivity contribution in [3.05, 3.63) is 41.0 Å². The van der Waals surface area contributed by atoms with Crippen molar-refractivity contribution >= 4 is 16.9 Å². The number of fused-ring (bicyclic) bond motifs is 1. The largest absolute Gasteiger partial charge is 0.472 e. The van der Waals surface area contributed by atoms with Gasteiger partial charge in [-0.2, -0.15) is 0 Å². The molecular formula is C15H14FN3O4. The average Bonchev–Trinajstić information content (AvgIpc) is 3.09. The van der Waals surface area contributed by atoms with Crippen LogP contribution in [0.15, 0.2) is 27.2 Å². The van der Waals surface area contributed by atoms with Crippen LogP contribution in [0.4, 0.5) is 4.39 Å². The molecule has 1 amide bonds. The third-order valence-electron chi connectivity index (χ3n) is 3.36. The normalized spacial score (nSPS) is 10.9. The number of aromatic nitrogens is 2. The maximum Gasteiger partial charge on any atom is 0.287 e. The van der Waals surface area contributed by atoms with Crippen LogP contribution in [0, 0.1) is 19.7 Å². The Morgan fingerprint density at radius 2 is 2.17 bits per heavy atom. The number of amides is 1. The van der Waals surface area contributed by atoms with Crippen molar-refractivity contribution in [2.24, 2.45) is 0 Å². The van der Waals surface area contributed by atoms with Gasteiger partial charge < -0.3 is 14.5 Å². The van der Waals surface area contributed by atoms with Crippen molar-refractivity contribution in [1.82, 2.24) is 15.6 Å². The van der Waals surface area contributed by atoms with Crippen LogP contribution in [0.5, 0.6) is 5.88 Å². The molecule has 0 aliphatic heterocycles. The third kappa shape index (κ3) is 2.87. The van der Waals surface area contributed by atoms with Crippen molar-refractivity contribution in [3.8, 4) is 5.88 Å². The summed E-state index contributed by atoms with van der Waals surface area (Å²) in [5.41, 5.74) is 1.20. The lowest BCUT2D eigenvalue weighted by Crippen LogP contribution is -2.28. The molecule has 23 heavy (non-hydrogen) atoms. The van der Waals surface area contributed by atoms with E-state index in [1.165, 1.54) is 6.07 Å². The fraction of sp³-hybridized carbons (Fsp3) is 0.267. The maximum absolute atomic E-state index is 13.7. The Hall–Kier alpha value is -2.90. The van der Waals surface area contributed by atoms with Crippen molar-refractivity contribution in [2.75, 3.05) is 13.2 Å². The average molecular weight is 319 g/mol. The molecule has 0 aliphatic rings. The zero-order valence-electron chi connectivity index (χ0n) is 12.6. The van der Waals surface area contributed by atoms with Gasteiger partial charge in [0.25, 0.3) is 11.8 Å². The summed E-state index contributed by atoms with van der Waals surface area (Å²) in [6.07, 6.45) is 0. The minimum absolute atomic E-state index is 0.0793. The van der Waals surface area contributed by atoms with E-state index in [9.17, 15) is 9.18 Å². The van der Waals surface area contributed by atoms with Gasteiger partial charge in [0, 0.05) is 10.9 Å². The first-order valence-corrected chi connectivity index (χ1v) is 6.95. The summed E-state index contributed by atoms with van der Waals surface area (Å²) in [7, 11) is 0. The first-order valence-electron chi connectivity index (χ1n) is 6.95. The molecule has 2 aromatic heterocycles. The topological polar surface area (TPSA) is 90.4 Å². The predicted octanol–water partition coefficient (Wildman–Crippen LogP) is 2.38. The zero-order valence-corrected chi connectivity index (χ0v) is 12.6. The van der Waals surface area contributed by atoms with E-state index in [1.54, 1.807) is 26.0 Å². The Kier molecular flexibility index (Phi) is 3.96. The Bertz CT molecular complexity index is 856. The van der Waals surface area contributed by atoms with Gasteiger partial charge in [-0.15, -0.1) is 0 Å². The molecule has 7 nitrogen and oxygen atoms in total. The number of aryl methyl sites for hydroxylation is 2. The van der Waals surface area contributed by atoms with Gasteiger partial charge in [0.2, 0.25) is 0 Å². The van der Waals surface area contributed by atoms with Crippen molar-refractivity contribution in [3.63, 3.8) is 0 Å². The van der Waals surface area contributed by atoms with Crippen molar-refractivity contribution < 1.29 is 23.0 Å². The van der Waals surface area contributed by atoms with Gasteiger partial charge in [0.1, 0.15) is 12.3 Å². The third-order valence-corrected chi connectivity index (χ3v) is 3.36. The standard InChI is InChI=1S/C15H14FN3O4/c1-8-10-4-3-5-11(16)13(10)22-12(8)14(20)17-6-7-21-15-9(2)18-23-19-15/h3-5H,6-7H2,1-2H3,(H,17,20). The number of hydrogen-bond donors (Lipinski definition) is 1. The number of para-hydroxylation sites is 1. The molecule has 1 aromatic carbocycles. The van der Waals surface area contributed by atoms with Crippen LogP contribution in [0.25, 0.3) is 11.0 Å². The van der Waals surface area contributed by atoms with E-state index in [0.29, 0.717) is 16.6 Å². The summed E-state index contributed by atoms with van der Waals surface area (Å²) in [6.45, 7) is 3.82. The quantitative estimate of drug-likeness (QED) is 0.726. The second-order valence-electron chi connectivity index (χ2n) is 4.93. The van der Waals surface area contributed by atoms with Crippen LogP contribution in [-0.4, -0.2) is 29.4 Å². The molecule has 0 radical (unpaired) electrons. The van der Waals surface area contributed by atoms with Crippen LogP contribution < -0.4 is 10.1 Å². The Morgan fingerprint density at radius 1 is 1.35 bits per heavy atom. The van der Waals surface area contributed by atoms with Gasteiger partial charge in [-0.1, -0.05) is 17.3 Å². The maximum atomic E-state index is 13.7. The van der Waals surface area contributed by atoms with Crippen LogP contribution in [-0.2, 0) is 0 Å². The number of carbonyl (C=O) groups is 1. The van der Waals surface area contributed by atoms with Crippen LogP contribution in [0.3, 0.4) is 0 Å². The fourth-order valence-electron chi connectivity index (χ4n) is 2.17. The number of nitrogens with zero attached hydrogens (tertiary/aromatic N) is 2. The minimum Gasteiger partial charge on any atom is -0.472 e. The fourth-order valence-corrected chi connectivity index (χ4v) is 2.17. The SMILES string of the molecule is Cc1nonc1OCCNC(=O)c1oc2c(F)cccc2c1C. The lowest BCUT2D eigenvalue weighted by Gasteiger charge is -2.04. The number of furan rings is 1. The first-order chi connectivity index (χ1) is 11.1. The Balaban J connectivity index is 1.63. The molecule has 3 rings (SSSR count). The van der Waals surface area contributed by atoms with E-state index in [1.807, 2.05) is 0 Å². The molecule has 0 atom stereocenters. The molecule has 0 bridgehead atoms. The highest BCUT2D eigenvalue weighted by atomic mass is 19.1. The van der Waals surface area contributed by atoms with E-state index in [2.05, 4.69) is 20.3 Å². The van der Waals surface area contributed by atoms with Crippen molar-refractivity contribution in [2.45, 2.75) is 13.8 Å². The van der Waals surface area contributed by atoms with Gasteiger partial charge >= 0.3 is 0 Å². The molecule has 1 N–H and O–H groups in total. The van der Waals surface area contributed by atoms with Gasteiger partial charge in [-0.25, -0.2) is 9.02 Å². The van der Waals surface area contributed by atoms with E-state index in [4.69, 9.17) is 9.15 Å². The molecule has 0 aliphatic carbocycles. The van der Waals surface area contributed by atoms with Crippen LogP contribution in [0.2, 0.25) is 0 Å². The lowest BCUT2D eigenvalue weighted by molar-refractivity contribution is 0.0919. The zero-order chi connectivity index (χ0) is 16.4. The number of ether oxygens (including phenoxy) is 1. The summed E-state index contributed by atoms with van der Waals surface area (Å²) in [5.74, 6) is -0.565. The van der Waals surface area contributed by atoms with Crippen LogP contribution >= 0.6 is 0 Å². The Labute approximate surface area is 130 Å². The first kappa shape index (κ1) is 15.0. The molecular weight excluding hydrogens is 305 g/mol. The predicted molar refractivity (Wildman–Crippen MR) is 77.8 cm³/mol. The van der Waals surface area contributed by atoms with E-state index in [0.717, 1.165) is 0 Å². The minimum atomic E-state index is -0.498. The number of carbonyl (C=O) groups excluding carboxylic acids is 1. The highest BCUT2D eigenvalue weighted by molar-refractivity contribution is 5.98. The summed E-state index contributed by atoms with van der Waals surface area (Å²) in [5, 5.41) is 10.4. The number of hydrogen-bond acceptors (Lipinski definition) is 6. The summed E-state index contributed by atoms with van der Waals surface area (Å²) in [6, 6.07) is 4.57. The molecule has 8 heteroatoms. The molecule has 0 saturated carbocycles. The van der Waals surface area contributed by atoms with E-state index in [-0.39, 0.29) is 30.4 Å². The lowest BCUT2D eigenvalue weighted by atomic mass is 10.1. The number of benzene rings is 1. The van der Waals surface area contributed by atoms with Gasteiger partial charge in [0.05, 0.1) is 6.54 Å². The number of rotatable bonds is 5. The Morgan fingerprint density at radius 3 is 2.87 bits per heavy atom. The highest BCUT2D eigenvalue weighted by Gasteiger charge is 2.19. The van der Waals surface area contributed by atoms with Crippen molar-refractivity contribution in [1.29, 1.82) is 0 Å². The second-order valence-corrected chi connectivity index (χ2v) is 4.93. The summed E-state index contributed by atoms with van der Waals surface area (Å²) < 4.78 is 28.8. The summed E-state index contributed by atoms with van der Waals surface area (Å²) in [4.78, 5) is 12.1. The molecule has 0 saturated heterocycles. The summed E-state index contributed by atoms with van der Waals surface area (Å²) >= 11 is 0. The highest BCUT2D eigenvalue weighted by Crippen LogP contribution is 2.27. The second kappa shape index (κ2) is 6.07. The number of halogens is 1. The number of nitrogens with one attached hydrogen (secondary N) is 1. The van der Waals surface area contributed by atoms with Gasteiger partial charge in [-0.05, 0) is 25.1 Å². The van der Waals surface area contributed by atoms with Gasteiger partial charge in [-0.3, -0.25) is 4.79 Å². The molecule has 2 heterocycles. The monoisotopic (exact) mass is 319 g/mol. The van der Waals surface area contributed by atoms with Gasteiger partial charge in [0.15, 0.2) is 17.2 Å². The van der Waals surface area contributed by atoms with E-state index >= 15 is 0 Å². The molecule has 3 aromatic rings. The molecule has 0 fully saturated rings. The molecule has 0 unspecified atom stereocenters. The molecule has 0 spiro atoms. The smallest absolute Gasteiger partial charge is 0.287 e. The van der Waals surface area contributed by atoms with E-state index < -0.39 is 11.7 Å².